The fourth-order valence-corrected chi connectivity index (χ4v) is 4.22. The molecule has 3 rings (SSSR count). The number of nitrogens with zero attached hydrogens (tertiary/aromatic N) is 2. The minimum absolute atomic E-state index is 0.132. The van der Waals surface area contributed by atoms with Crippen molar-refractivity contribution in [2.45, 2.75) is 25.3 Å². The first-order chi connectivity index (χ1) is 11.6. The Labute approximate surface area is 144 Å². The van der Waals surface area contributed by atoms with Crippen LogP contribution in [0.5, 0.6) is 5.75 Å². The van der Waals surface area contributed by atoms with Crippen LogP contribution in [0.25, 0.3) is 0 Å². The number of likely N-dealkylation sites (N-methyl/N-ethyl adjacent to an activating group) is 1. The van der Waals surface area contributed by atoms with Gasteiger partial charge in [-0.2, -0.15) is 0 Å². The summed E-state index contributed by atoms with van der Waals surface area (Å²) in [5.41, 5.74) is 1.10. The summed E-state index contributed by atoms with van der Waals surface area (Å²) >= 11 is 0. The Balaban J connectivity index is 1.59. The van der Waals surface area contributed by atoms with Crippen LogP contribution < -0.4 is 4.74 Å². The van der Waals surface area contributed by atoms with Gasteiger partial charge in [-0.05, 0) is 56.0 Å². The van der Waals surface area contributed by atoms with Crippen LogP contribution in [0.15, 0.2) is 24.3 Å². The summed E-state index contributed by atoms with van der Waals surface area (Å²) in [5, 5.41) is 0. The molecule has 0 bridgehead atoms. The van der Waals surface area contributed by atoms with E-state index in [1.54, 1.807) is 14.2 Å². The average Bonchev–Trinajstić information content (AvgIpc) is 2.90. The maximum absolute atomic E-state index is 12.7. The van der Waals surface area contributed by atoms with E-state index in [2.05, 4.69) is 11.9 Å². The Hall–Kier alpha value is -1.59. The largest absolute Gasteiger partial charge is 0.497 e. The standard InChI is InChI=1S/C19H28N2O3/c1-20-14-19(12-16(20)13-23-2)8-10-21(11-9-19)18(22)15-4-6-17(24-3)7-5-15/h4-7,16H,8-14H2,1-3H3/t16-/m1/s1. The average molecular weight is 332 g/mol. The molecule has 5 heteroatoms. The van der Waals surface area contributed by atoms with Crippen LogP contribution in [-0.2, 0) is 4.74 Å². The first kappa shape index (κ1) is 17.2. The van der Waals surface area contributed by atoms with Gasteiger partial charge in [0.2, 0.25) is 0 Å². The van der Waals surface area contributed by atoms with Gasteiger partial charge in [-0.3, -0.25) is 4.79 Å². The molecular formula is C19H28N2O3. The summed E-state index contributed by atoms with van der Waals surface area (Å²) in [4.78, 5) is 17.1. The molecule has 5 nitrogen and oxygen atoms in total. The number of hydrogen-bond acceptors (Lipinski definition) is 4. The highest BCUT2D eigenvalue weighted by molar-refractivity contribution is 5.94. The molecule has 1 amide bonds. The van der Waals surface area contributed by atoms with Gasteiger partial charge < -0.3 is 19.3 Å². The molecule has 1 atom stereocenters. The Kier molecular flexibility index (Phi) is 5.11. The van der Waals surface area contributed by atoms with E-state index in [1.807, 2.05) is 29.2 Å². The van der Waals surface area contributed by atoms with Crippen LogP contribution in [0.3, 0.4) is 0 Å². The summed E-state index contributed by atoms with van der Waals surface area (Å²) in [5.74, 6) is 0.912. The molecule has 2 fully saturated rings. The minimum Gasteiger partial charge on any atom is -0.497 e. The van der Waals surface area contributed by atoms with Gasteiger partial charge in [0.1, 0.15) is 5.75 Å². The van der Waals surface area contributed by atoms with E-state index in [0.717, 1.165) is 50.4 Å². The van der Waals surface area contributed by atoms with Crippen molar-refractivity contribution in [3.05, 3.63) is 29.8 Å². The molecule has 2 aliphatic heterocycles. The second-order valence-electron chi connectivity index (χ2n) is 7.25. The normalized spacial score (nSPS) is 23.6. The maximum Gasteiger partial charge on any atom is 0.253 e. The van der Waals surface area contributed by atoms with Crippen LogP contribution in [0.2, 0.25) is 0 Å². The molecule has 2 aliphatic rings. The molecule has 0 aromatic heterocycles. The van der Waals surface area contributed by atoms with Crippen LogP contribution in [0.1, 0.15) is 29.6 Å². The number of likely N-dealkylation sites (tertiary alicyclic amines) is 2. The summed E-state index contributed by atoms with van der Waals surface area (Å²) in [6.45, 7) is 3.61. The Morgan fingerprint density at radius 1 is 1.21 bits per heavy atom. The lowest BCUT2D eigenvalue weighted by atomic mass is 9.76. The number of ether oxygens (including phenoxy) is 2. The minimum atomic E-state index is 0.132. The third-order valence-corrected chi connectivity index (χ3v) is 5.68. The van der Waals surface area contributed by atoms with Crippen LogP contribution in [0.4, 0.5) is 0 Å². The van der Waals surface area contributed by atoms with Gasteiger partial charge in [-0.15, -0.1) is 0 Å². The second kappa shape index (κ2) is 7.11. The molecule has 2 saturated heterocycles. The smallest absolute Gasteiger partial charge is 0.253 e. The molecule has 1 spiro atoms. The molecule has 1 aromatic rings. The van der Waals surface area contributed by atoms with Crippen molar-refractivity contribution in [3.63, 3.8) is 0 Å². The van der Waals surface area contributed by atoms with Gasteiger partial charge in [-0.25, -0.2) is 0 Å². The number of carbonyl (C=O) groups is 1. The van der Waals surface area contributed by atoms with Gasteiger partial charge in [0.15, 0.2) is 0 Å². The number of hydrogen-bond donors (Lipinski definition) is 0. The SMILES string of the molecule is COC[C@H]1CC2(CCN(C(=O)c3ccc(OC)cc3)CC2)CN1C. The second-order valence-corrected chi connectivity index (χ2v) is 7.25. The molecular weight excluding hydrogens is 304 g/mol. The summed E-state index contributed by atoms with van der Waals surface area (Å²) in [6.07, 6.45) is 3.35. The van der Waals surface area contributed by atoms with Gasteiger partial charge in [-0.1, -0.05) is 0 Å². The monoisotopic (exact) mass is 332 g/mol. The number of carbonyl (C=O) groups excluding carboxylic acids is 1. The molecule has 132 valence electrons. The molecule has 0 N–H and O–H groups in total. The van der Waals surface area contributed by atoms with E-state index in [1.165, 1.54) is 6.42 Å². The highest BCUT2D eigenvalue weighted by atomic mass is 16.5. The molecule has 0 saturated carbocycles. The van der Waals surface area contributed by atoms with E-state index >= 15 is 0 Å². The van der Waals surface area contributed by atoms with Crippen molar-refractivity contribution in [2.24, 2.45) is 5.41 Å². The van der Waals surface area contributed by atoms with Crippen molar-refractivity contribution in [3.8, 4) is 5.75 Å². The number of benzene rings is 1. The fraction of sp³-hybridized carbons (Fsp3) is 0.632. The molecule has 0 aliphatic carbocycles. The number of methoxy groups -OCH3 is 2. The highest BCUT2D eigenvalue weighted by Crippen LogP contribution is 2.43. The van der Waals surface area contributed by atoms with Gasteiger partial charge >= 0.3 is 0 Å². The van der Waals surface area contributed by atoms with Crippen molar-refractivity contribution in [2.75, 3.05) is 47.5 Å². The van der Waals surface area contributed by atoms with E-state index in [-0.39, 0.29) is 5.91 Å². The Morgan fingerprint density at radius 3 is 2.46 bits per heavy atom. The third kappa shape index (κ3) is 3.42. The zero-order chi connectivity index (χ0) is 17.2. The first-order valence-corrected chi connectivity index (χ1v) is 8.69. The van der Waals surface area contributed by atoms with Crippen molar-refractivity contribution in [1.82, 2.24) is 9.80 Å². The van der Waals surface area contributed by atoms with E-state index in [4.69, 9.17) is 9.47 Å². The lowest BCUT2D eigenvalue weighted by Gasteiger charge is -2.39. The predicted molar refractivity (Wildman–Crippen MR) is 93.5 cm³/mol. The van der Waals surface area contributed by atoms with Crippen molar-refractivity contribution < 1.29 is 14.3 Å². The number of rotatable bonds is 4. The maximum atomic E-state index is 12.7. The predicted octanol–water partition coefficient (Wildman–Crippen LogP) is 2.27. The van der Waals surface area contributed by atoms with Crippen molar-refractivity contribution >= 4 is 5.91 Å². The van der Waals surface area contributed by atoms with Gasteiger partial charge in [0.05, 0.1) is 13.7 Å². The van der Waals surface area contributed by atoms with E-state index in [9.17, 15) is 4.79 Å². The molecule has 1 aromatic carbocycles. The van der Waals surface area contributed by atoms with Crippen LogP contribution >= 0.6 is 0 Å². The summed E-state index contributed by atoms with van der Waals surface area (Å²) in [6, 6.07) is 7.91. The number of piperidine rings is 1. The van der Waals surface area contributed by atoms with Crippen molar-refractivity contribution in [1.29, 1.82) is 0 Å². The fourth-order valence-electron chi connectivity index (χ4n) is 4.22. The van der Waals surface area contributed by atoms with E-state index in [0.29, 0.717) is 11.5 Å². The molecule has 0 radical (unpaired) electrons. The summed E-state index contributed by atoms with van der Waals surface area (Å²) in [7, 11) is 5.60. The number of amides is 1. The molecule has 0 unspecified atom stereocenters. The lowest BCUT2D eigenvalue weighted by molar-refractivity contribution is 0.0592. The topological polar surface area (TPSA) is 42.0 Å². The zero-order valence-electron chi connectivity index (χ0n) is 15.0. The molecule has 24 heavy (non-hydrogen) atoms. The Morgan fingerprint density at radius 2 is 1.88 bits per heavy atom. The van der Waals surface area contributed by atoms with E-state index < -0.39 is 0 Å². The van der Waals surface area contributed by atoms with Gasteiger partial charge in [0.25, 0.3) is 5.91 Å². The lowest BCUT2D eigenvalue weighted by Crippen LogP contribution is -2.44. The zero-order valence-corrected chi connectivity index (χ0v) is 15.0. The third-order valence-electron chi connectivity index (χ3n) is 5.68. The Bertz CT molecular complexity index is 564. The summed E-state index contributed by atoms with van der Waals surface area (Å²) < 4.78 is 10.5. The van der Waals surface area contributed by atoms with Crippen LogP contribution in [0, 0.1) is 5.41 Å². The quantitative estimate of drug-likeness (QED) is 0.848. The van der Waals surface area contributed by atoms with Gasteiger partial charge in [0, 0.05) is 38.3 Å². The molecule has 2 heterocycles. The highest BCUT2D eigenvalue weighted by Gasteiger charge is 2.44. The first-order valence-electron chi connectivity index (χ1n) is 8.69. The van der Waals surface area contributed by atoms with Crippen LogP contribution in [-0.4, -0.2) is 69.3 Å².